The minimum absolute atomic E-state index is 0.0454. The predicted molar refractivity (Wildman–Crippen MR) is 64.4 cm³/mol. The SMILES string of the molecule is CN(CC(C)(C)O)C(=O)N1CCCCCC1. The highest BCUT2D eigenvalue weighted by atomic mass is 16.3. The Hall–Kier alpha value is -0.770. The molecule has 1 saturated heterocycles. The molecular formula is C12H24N2O2. The summed E-state index contributed by atoms with van der Waals surface area (Å²) in [5.41, 5.74) is -0.823. The third-order valence-electron chi connectivity index (χ3n) is 2.83. The Balaban J connectivity index is 2.48. The second-order valence-electron chi connectivity index (χ2n) is 5.35. The zero-order valence-electron chi connectivity index (χ0n) is 10.7. The van der Waals surface area contributed by atoms with Crippen LogP contribution in [-0.2, 0) is 0 Å². The molecule has 16 heavy (non-hydrogen) atoms. The standard InChI is InChI=1S/C12H24N2O2/c1-12(2,16)10-13(3)11(15)14-8-6-4-5-7-9-14/h16H,4-10H2,1-3H3. The van der Waals surface area contributed by atoms with Crippen LogP contribution in [0.1, 0.15) is 39.5 Å². The van der Waals surface area contributed by atoms with Gasteiger partial charge in [-0.2, -0.15) is 0 Å². The molecule has 2 amide bonds. The highest BCUT2D eigenvalue weighted by Gasteiger charge is 2.23. The average Bonchev–Trinajstić information content (AvgIpc) is 2.41. The van der Waals surface area contributed by atoms with E-state index in [0.717, 1.165) is 25.9 Å². The van der Waals surface area contributed by atoms with Gasteiger partial charge in [-0.3, -0.25) is 0 Å². The Labute approximate surface area is 98.2 Å². The third kappa shape index (κ3) is 4.39. The summed E-state index contributed by atoms with van der Waals surface area (Å²) in [4.78, 5) is 15.6. The fraction of sp³-hybridized carbons (Fsp3) is 0.917. The lowest BCUT2D eigenvalue weighted by molar-refractivity contribution is 0.0473. The summed E-state index contributed by atoms with van der Waals surface area (Å²) in [5.74, 6) is 0. The molecule has 0 radical (unpaired) electrons. The van der Waals surface area contributed by atoms with E-state index in [2.05, 4.69) is 0 Å². The Morgan fingerprint density at radius 3 is 2.19 bits per heavy atom. The van der Waals surface area contributed by atoms with E-state index < -0.39 is 5.60 Å². The predicted octanol–water partition coefficient (Wildman–Crippen LogP) is 1.69. The molecule has 0 atom stereocenters. The van der Waals surface area contributed by atoms with Gasteiger partial charge in [0.15, 0.2) is 0 Å². The number of amides is 2. The average molecular weight is 228 g/mol. The van der Waals surface area contributed by atoms with Crippen LogP contribution in [0.4, 0.5) is 4.79 Å². The molecule has 0 unspecified atom stereocenters. The van der Waals surface area contributed by atoms with E-state index in [-0.39, 0.29) is 6.03 Å². The maximum absolute atomic E-state index is 12.1. The molecule has 1 aliphatic rings. The Morgan fingerprint density at radius 2 is 1.75 bits per heavy atom. The smallest absolute Gasteiger partial charge is 0.319 e. The molecule has 1 fully saturated rings. The number of carbonyl (C=O) groups is 1. The number of nitrogens with zero attached hydrogens (tertiary/aromatic N) is 2. The zero-order valence-corrected chi connectivity index (χ0v) is 10.7. The zero-order chi connectivity index (χ0) is 12.2. The number of urea groups is 1. The molecule has 4 nitrogen and oxygen atoms in total. The van der Waals surface area contributed by atoms with Crippen molar-refractivity contribution in [1.29, 1.82) is 0 Å². The number of aliphatic hydroxyl groups is 1. The van der Waals surface area contributed by atoms with E-state index in [1.807, 2.05) is 4.90 Å². The van der Waals surface area contributed by atoms with Gasteiger partial charge in [0.2, 0.25) is 0 Å². The van der Waals surface area contributed by atoms with Gasteiger partial charge in [-0.05, 0) is 26.7 Å². The second-order valence-corrected chi connectivity index (χ2v) is 5.35. The lowest BCUT2D eigenvalue weighted by atomic mass is 10.1. The molecule has 0 aromatic rings. The highest BCUT2D eigenvalue weighted by molar-refractivity contribution is 5.74. The molecular weight excluding hydrogens is 204 g/mol. The van der Waals surface area contributed by atoms with E-state index >= 15 is 0 Å². The summed E-state index contributed by atoms with van der Waals surface area (Å²) < 4.78 is 0. The summed E-state index contributed by atoms with van der Waals surface area (Å²) in [6, 6.07) is 0.0454. The van der Waals surface area contributed by atoms with Gasteiger partial charge in [-0.1, -0.05) is 12.8 Å². The molecule has 0 aliphatic carbocycles. The van der Waals surface area contributed by atoms with Gasteiger partial charge in [0.1, 0.15) is 0 Å². The fourth-order valence-electron chi connectivity index (χ4n) is 2.15. The highest BCUT2D eigenvalue weighted by Crippen LogP contribution is 2.12. The summed E-state index contributed by atoms with van der Waals surface area (Å²) in [7, 11) is 1.76. The van der Waals surface area contributed by atoms with Gasteiger partial charge in [-0.25, -0.2) is 4.79 Å². The number of likely N-dealkylation sites (N-methyl/N-ethyl adjacent to an activating group) is 1. The molecule has 0 aromatic carbocycles. The maximum atomic E-state index is 12.1. The van der Waals surface area contributed by atoms with Crippen LogP contribution in [-0.4, -0.2) is 53.2 Å². The third-order valence-corrected chi connectivity index (χ3v) is 2.83. The minimum atomic E-state index is -0.823. The summed E-state index contributed by atoms with van der Waals surface area (Å²) in [5, 5.41) is 9.68. The van der Waals surface area contributed by atoms with Crippen molar-refractivity contribution in [2.45, 2.75) is 45.1 Å². The van der Waals surface area contributed by atoms with Crippen molar-refractivity contribution < 1.29 is 9.90 Å². The van der Waals surface area contributed by atoms with E-state index in [4.69, 9.17) is 0 Å². The van der Waals surface area contributed by atoms with Crippen LogP contribution in [0, 0.1) is 0 Å². The Bertz CT molecular complexity index is 228. The Kier molecular flexibility index (Phi) is 4.59. The van der Waals surface area contributed by atoms with Crippen molar-refractivity contribution in [2.24, 2.45) is 0 Å². The van der Waals surface area contributed by atoms with Crippen molar-refractivity contribution >= 4 is 6.03 Å². The quantitative estimate of drug-likeness (QED) is 0.781. The molecule has 4 heteroatoms. The van der Waals surface area contributed by atoms with Gasteiger partial charge < -0.3 is 14.9 Å². The molecule has 0 saturated carbocycles. The first-order valence-corrected chi connectivity index (χ1v) is 6.12. The molecule has 0 bridgehead atoms. The first kappa shape index (κ1) is 13.3. The van der Waals surface area contributed by atoms with E-state index in [0.29, 0.717) is 6.54 Å². The molecule has 1 heterocycles. The van der Waals surface area contributed by atoms with Gasteiger partial charge in [0, 0.05) is 20.1 Å². The number of rotatable bonds is 2. The van der Waals surface area contributed by atoms with Gasteiger partial charge in [0.05, 0.1) is 12.1 Å². The minimum Gasteiger partial charge on any atom is -0.389 e. The summed E-state index contributed by atoms with van der Waals surface area (Å²) in [6.07, 6.45) is 4.64. The van der Waals surface area contributed by atoms with Gasteiger partial charge in [0.25, 0.3) is 0 Å². The summed E-state index contributed by atoms with van der Waals surface area (Å²) >= 11 is 0. The lowest BCUT2D eigenvalue weighted by Crippen LogP contribution is -2.46. The van der Waals surface area contributed by atoms with E-state index in [1.165, 1.54) is 12.8 Å². The maximum Gasteiger partial charge on any atom is 0.319 e. The largest absolute Gasteiger partial charge is 0.389 e. The number of likely N-dealkylation sites (tertiary alicyclic amines) is 1. The molecule has 94 valence electrons. The first-order valence-electron chi connectivity index (χ1n) is 6.12. The molecule has 1 N–H and O–H groups in total. The van der Waals surface area contributed by atoms with Crippen LogP contribution in [0.25, 0.3) is 0 Å². The van der Waals surface area contributed by atoms with Crippen LogP contribution in [0.2, 0.25) is 0 Å². The van der Waals surface area contributed by atoms with Gasteiger partial charge in [-0.15, -0.1) is 0 Å². The topological polar surface area (TPSA) is 43.8 Å². The monoisotopic (exact) mass is 228 g/mol. The van der Waals surface area contributed by atoms with E-state index in [9.17, 15) is 9.90 Å². The lowest BCUT2D eigenvalue weighted by Gasteiger charge is -2.30. The van der Waals surface area contributed by atoms with Crippen LogP contribution < -0.4 is 0 Å². The second kappa shape index (κ2) is 5.53. The van der Waals surface area contributed by atoms with Crippen LogP contribution in [0.5, 0.6) is 0 Å². The molecule has 1 rings (SSSR count). The van der Waals surface area contributed by atoms with Crippen molar-refractivity contribution in [3.05, 3.63) is 0 Å². The van der Waals surface area contributed by atoms with Crippen LogP contribution >= 0.6 is 0 Å². The van der Waals surface area contributed by atoms with Crippen molar-refractivity contribution in [2.75, 3.05) is 26.7 Å². The van der Waals surface area contributed by atoms with Gasteiger partial charge >= 0.3 is 6.03 Å². The van der Waals surface area contributed by atoms with Crippen LogP contribution in [0.3, 0.4) is 0 Å². The molecule has 0 spiro atoms. The molecule has 0 aromatic heterocycles. The van der Waals surface area contributed by atoms with Crippen molar-refractivity contribution in [3.8, 4) is 0 Å². The van der Waals surface area contributed by atoms with Crippen molar-refractivity contribution in [3.63, 3.8) is 0 Å². The number of hydrogen-bond donors (Lipinski definition) is 1. The molecule has 1 aliphatic heterocycles. The fourth-order valence-corrected chi connectivity index (χ4v) is 2.15. The number of hydrogen-bond acceptors (Lipinski definition) is 2. The Morgan fingerprint density at radius 1 is 1.25 bits per heavy atom. The van der Waals surface area contributed by atoms with Crippen molar-refractivity contribution in [1.82, 2.24) is 9.80 Å². The first-order chi connectivity index (χ1) is 7.40. The summed E-state index contributed by atoms with van der Waals surface area (Å²) in [6.45, 7) is 5.53. The normalized spacial score (nSPS) is 18.1. The number of carbonyl (C=O) groups excluding carboxylic acids is 1. The van der Waals surface area contributed by atoms with E-state index in [1.54, 1.807) is 25.8 Å². The van der Waals surface area contributed by atoms with Crippen LogP contribution in [0.15, 0.2) is 0 Å².